The predicted molar refractivity (Wildman–Crippen MR) is 283 cm³/mol. The van der Waals surface area contributed by atoms with E-state index in [-0.39, 0.29) is 38.1 Å². The van der Waals surface area contributed by atoms with Crippen molar-refractivity contribution < 1.29 is 98.4 Å². The van der Waals surface area contributed by atoms with Crippen LogP contribution in [0, 0.1) is 0 Å². The fraction of sp³-hybridized carbons (Fsp3) is 1.00. The molecule has 0 unspecified atom stereocenters. The van der Waals surface area contributed by atoms with Crippen molar-refractivity contribution in [1.82, 2.24) is 0 Å². The van der Waals surface area contributed by atoms with Gasteiger partial charge in [-0.05, 0) is 19.3 Å². The zero-order valence-corrected chi connectivity index (χ0v) is 46.0. The molecule has 0 aromatic rings. The van der Waals surface area contributed by atoms with Crippen LogP contribution in [0.2, 0.25) is 0 Å². The van der Waals surface area contributed by atoms with E-state index >= 15 is 0 Å². The van der Waals surface area contributed by atoms with Crippen molar-refractivity contribution in [2.45, 2.75) is 197 Å². The molecule has 0 bridgehead atoms. The van der Waals surface area contributed by atoms with Gasteiger partial charge in [-0.25, -0.2) is 0 Å². The van der Waals surface area contributed by atoms with Gasteiger partial charge in [-0.15, -0.1) is 0 Å². The summed E-state index contributed by atoms with van der Waals surface area (Å²) in [6.45, 7) is 1.70. The third-order valence-corrected chi connectivity index (χ3v) is 18.9. The maximum atomic E-state index is 11.4. The van der Waals surface area contributed by atoms with Gasteiger partial charge < -0.3 is 150 Å². The number of rotatable bonds is 27. The summed E-state index contributed by atoms with van der Waals surface area (Å²) in [7, 11) is 3.28. The van der Waals surface area contributed by atoms with Crippen molar-refractivity contribution in [3.05, 3.63) is 0 Å². The van der Waals surface area contributed by atoms with Crippen molar-refractivity contribution in [1.29, 1.82) is 0 Å². The van der Waals surface area contributed by atoms with Gasteiger partial charge in [0.1, 0.15) is 73.2 Å². The van der Waals surface area contributed by atoms with Crippen LogP contribution in [0.5, 0.6) is 0 Å². The highest BCUT2D eigenvalue weighted by atomic mass is 33.1. The monoisotopic (exact) mass is 1190 g/mol. The zero-order valence-electron chi connectivity index (χ0n) is 42.7. The first-order valence-corrected chi connectivity index (χ1v) is 30.8. The molecule has 77 heavy (non-hydrogen) atoms. The molecule has 6 fully saturated rings. The van der Waals surface area contributed by atoms with Crippen LogP contribution in [0.15, 0.2) is 0 Å². The maximum Gasteiger partial charge on any atom is 0.187 e. The first kappa shape index (κ1) is 66.4. The van der Waals surface area contributed by atoms with E-state index in [1.165, 1.54) is 23.5 Å². The molecule has 29 nitrogen and oxygen atoms in total. The Hall–Kier alpha value is 0.240. The third-order valence-electron chi connectivity index (χ3n) is 14.6. The van der Waals surface area contributed by atoms with Gasteiger partial charge in [0.25, 0.3) is 0 Å². The van der Waals surface area contributed by atoms with Crippen LogP contribution in [0.1, 0.15) is 19.3 Å². The van der Waals surface area contributed by atoms with Gasteiger partial charge in [-0.1, -0.05) is 21.6 Å². The first-order valence-electron chi connectivity index (χ1n) is 26.0. The van der Waals surface area contributed by atoms with E-state index in [0.29, 0.717) is 43.7 Å². The summed E-state index contributed by atoms with van der Waals surface area (Å²) in [5.74, 6) is 3.18. The molecule has 2 saturated carbocycles. The molecule has 29 atom stereocenters. The fourth-order valence-electron chi connectivity index (χ4n) is 9.94. The number of hydrogen-bond donors (Lipinski definition) is 19. The van der Waals surface area contributed by atoms with E-state index < -0.39 is 177 Å². The van der Waals surface area contributed by atoms with Gasteiger partial charge in [0.2, 0.25) is 0 Å². The molecule has 452 valence electrons. The molecule has 4 saturated heterocycles. The van der Waals surface area contributed by atoms with E-state index in [2.05, 4.69) is 0 Å². The average molecular weight is 1190 g/mol. The lowest BCUT2D eigenvalue weighted by Crippen LogP contribution is -2.68. The predicted octanol–water partition coefficient (Wildman–Crippen LogP) is -9.68. The summed E-state index contributed by atoms with van der Waals surface area (Å²) in [4.78, 5) is 0. The largest absolute Gasteiger partial charge is 0.390 e. The Morgan fingerprint density at radius 3 is 1.14 bits per heavy atom. The number of aliphatic hydroxyl groups excluding tert-OH is 10. The fourth-order valence-corrected chi connectivity index (χ4v) is 13.5. The number of nitrogens with two attached hydrogens (primary N) is 9. The van der Waals surface area contributed by atoms with Gasteiger partial charge in [0.15, 0.2) is 25.2 Å². The van der Waals surface area contributed by atoms with Crippen molar-refractivity contribution in [3.63, 3.8) is 0 Å². The molecule has 0 aromatic heterocycles. The third kappa shape index (κ3) is 17.4. The smallest absolute Gasteiger partial charge is 0.187 e. The Labute approximate surface area is 463 Å². The van der Waals surface area contributed by atoms with Gasteiger partial charge in [-0.3, -0.25) is 0 Å². The lowest BCUT2D eigenvalue weighted by molar-refractivity contribution is -0.330. The molecule has 6 rings (SSSR count). The minimum absolute atomic E-state index is 0.0294. The molecule has 28 N–H and O–H groups in total. The van der Waals surface area contributed by atoms with Crippen LogP contribution < -0.4 is 51.6 Å². The Bertz CT molecular complexity index is 1710. The molecule has 4 heterocycles. The molecule has 0 spiro atoms. The van der Waals surface area contributed by atoms with Crippen LogP contribution in [-0.4, -0.2) is 302 Å². The molecule has 6 aliphatic rings. The van der Waals surface area contributed by atoms with Crippen molar-refractivity contribution in [2.24, 2.45) is 51.6 Å². The lowest BCUT2D eigenvalue weighted by atomic mass is 9.84. The number of hydrogen-bond acceptors (Lipinski definition) is 33. The van der Waals surface area contributed by atoms with Crippen molar-refractivity contribution in [2.75, 3.05) is 74.0 Å². The van der Waals surface area contributed by atoms with Crippen molar-refractivity contribution >= 4 is 45.1 Å². The Morgan fingerprint density at radius 2 is 0.727 bits per heavy atom. The summed E-state index contributed by atoms with van der Waals surface area (Å²) in [6, 6.07) is -6.22. The zero-order chi connectivity index (χ0) is 56.2. The first-order chi connectivity index (χ1) is 36.7. The Kier molecular flexibility index (Phi) is 27.5. The molecule has 0 aromatic carbocycles. The lowest BCUT2D eigenvalue weighted by Gasteiger charge is -2.48. The highest BCUT2D eigenvalue weighted by Gasteiger charge is 2.53. The number of thioether (sulfide) groups is 2. The molecular weight excluding hydrogens is 1100 g/mol. The summed E-state index contributed by atoms with van der Waals surface area (Å²) >= 11 is 2.90. The molecular formula is C44H87N9O20S4. The Morgan fingerprint density at radius 1 is 0.364 bits per heavy atom. The van der Waals surface area contributed by atoms with Crippen LogP contribution in [0.25, 0.3) is 0 Å². The topological polar surface area (TPSA) is 529 Å². The van der Waals surface area contributed by atoms with Crippen LogP contribution in [-0.2, 0) is 47.4 Å². The number of aliphatic hydroxyl groups is 10. The quantitative estimate of drug-likeness (QED) is 0.0268. The summed E-state index contributed by atoms with van der Waals surface area (Å²) < 4.78 is 58.8. The van der Waals surface area contributed by atoms with E-state index in [1.54, 1.807) is 21.6 Å². The van der Waals surface area contributed by atoms with Crippen molar-refractivity contribution in [3.8, 4) is 0 Å². The van der Waals surface area contributed by atoms with Gasteiger partial charge in [0.05, 0.1) is 81.2 Å². The van der Waals surface area contributed by atoms with Gasteiger partial charge >= 0.3 is 0 Å². The summed E-state index contributed by atoms with van der Waals surface area (Å²) in [5.41, 5.74) is 55.2. The van der Waals surface area contributed by atoms with E-state index in [0.717, 1.165) is 11.5 Å². The second-order valence-electron chi connectivity index (χ2n) is 20.2. The molecule has 0 radical (unpaired) electrons. The van der Waals surface area contributed by atoms with E-state index in [4.69, 9.17) is 99.0 Å². The van der Waals surface area contributed by atoms with E-state index in [9.17, 15) is 51.1 Å². The van der Waals surface area contributed by atoms with Crippen LogP contribution >= 0.6 is 45.1 Å². The minimum atomic E-state index is -1.69. The summed E-state index contributed by atoms with van der Waals surface area (Å²) in [5, 5.41) is 107. The molecule has 0 amide bonds. The summed E-state index contributed by atoms with van der Waals surface area (Å²) in [6.07, 6.45) is -26.9. The molecule has 33 heteroatoms. The van der Waals surface area contributed by atoms with Gasteiger partial charge in [0, 0.05) is 71.8 Å². The normalized spacial score (nSPS) is 47.0. The molecule has 4 aliphatic heterocycles. The van der Waals surface area contributed by atoms with Crippen LogP contribution in [0.4, 0.5) is 0 Å². The average Bonchev–Trinajstić information content (AvgIpc) is 3.40. The minimum Gasteiger partial charge on any atom is -0.390 e. The standard InChI is InChI=1S/C44H87N9O20S4/c45-12-22-21(54)11-20(51)41(66-22)70-37-16(47)9-17(48)38(35(37)62)71-42-31(58)26(52)28(55)24(68-42)14-74-5-1-64-3-7-76-77-8-4-65-2-6-75-15-25-29(56)27(53)32(59)43(69-25)72-39-18(49)10-19(50)40(36(39)63)73-44-34(61)33(60)30(57)23(13-46)67-44/h16-44,54-63H,1-15,45-53H2/t16-,17+,18+,19-,20+,21-,22+,23+,24+,25+,26-,27-,28+,29+,30+,31+,32+,33-,34+,35-,36+,37+,38-,39-,40+,41+,42+,43+,44+/m0/s1. The SMILES string of the molecule is NC[C@H]1O[C@H](O[C@H]2[C@H](O)[C@@H](O[C@H]3O[C@H](CSCCOCCSSCCOCCSC[C@H]4O[C@H](O[C@@H]5[C@@H](O)[C@H](O[C@H]6O[C@H](CN)[C@@H](O)C[C@H]6N)[C@@H](N)C[C@H]5N)[C@H](O)[C@@H](N)[C@@H]4O)[C@@H](O)[C@H](N)[C@H]3O)[C@H](N)C[C@@H]2N)[C@H](O)[C@@H](O)[C@@H]1O. The highest BCUT2D eigenvalue weighted by molar-refractivity contribution is 8.76. The number of ether oxygens (including phenoxy) is 10. The highest BCUT2D eigenvalue weighted by Crippen LogP contribution is 2.34. The maximum absolute atomic E-state index is 11.4. The van der Waals surface area contributed by atoms with Crippen LogP contribution in [0.3, 0.4) is 0 Å². The Balaban J connectivity index is 0.806. The van der Waals surface area contributed by atoms with E-state index in [1.807, 2.05) is 0 Å². The second kappa shape index (κ2) is 31.9. The molecule has 2 aliphatic carbocycles. The second-order valence-corrected chi connectivity index (χ2v) is 25.2. The van der Waals surface area contributed by atoms with Gasteiger partial charge in [-0.2, -0.15) is 23.5 Å².